The van der Waals surface area contributed by atoms with Gasteiger partial charge in [-0.1, -0.05) is 48.5 Å². The second-order valence-corrected chi connectivity index (χ2v) is 11.1. The first-order chi connectivity index (χ1) is 20.9. The Kier molecular flexibility index (Phi) is 6.20. The van der Waals surface area contributed by atoms with Crippen LogP contribution < -0.4 is 4.90 Å². The number of halogens is 6. The molecule has 0 aliphatic carbocycles. The first kappa shape index (κ1) is 28.2. The molecule has 0 bridgehead atoms. The number of benzene rings is 5. The number of hydrogen-bond acceptors (Lipinski definition) is 3. The van der Waals surface area contributed by atoms with Crippen LogP contribution in [0.1, 0.15) is 32.6 Å². The Morgan fingerprint density at radius 2 is 1.32 bits per heavy atom. The average Bonchev–Trinajstić information content (AvgIpc) is 3.11. The Balaban J connectivity index is 1.38. The van der Waals surface area contributed by atoms with E-state index in [1.807, 2.05) is 42.5 Å². The van der Waals surface area contributed by atoms with Crippen LogP contribution in [-0.4, -0.2) is 31.8 Å². The topological polar surface area (TPSA) is 29.5 Å². The van der Waals surface area contributed by atoms with Crippen LogP contribution in [0.2, 0.25) is 0 Å². The molecule has 2 aliphatic heterocycles. The van der Waals surface area contributed by atoms with Crippen molar-refractivity contribution in [1.82, 2.24) is 0 Å². The Labute approximate surface area is 248 Å². The summed E-state index contributed by atoms with van der Waals surface area (Å²) in [5, 5.41) is 3.77. The number of anilines is 2. The molecule has 0 spiro atoms. The summed E-state index contributed by atoms with van der Waals surface area (Å²) >= 11 is 0. The minimum absolute atomic E-state index is 0.0246. The Bertz CT molecular complexity index is 2010. The number of fused-ring (bicyclic) bond motifs is 5. The predicted molar refractivity (Wildman–Crippen MR) is 157 cm³/mol. The highest BCUT2D eigenvalue weighted by Crippen LogP contribution is 2.62. The molecule has 0 atom stereocenters. The quantitative estimate of drug-likeness (QED) is 0.109. The van der Waals surface area contributed by atoms with Gasteiger partial charge in [0, 0.05) is 40.7 Å². The van der Waals surface area contributed by atoms with E-state index < -0.39 is 34.7 Å². The first-order valence-corrected chi connectivity index (χ1v) is 13.8. The van der Waals surface area contributed by atoms with Crippen molar-refractivity contribution in [2.75, 3.05) is 18.6 Å². The van der Waals surface area contributed by atoms with Crippen LogP contribution in [0.4, 0.5) is 37.7 Å². The summed E-state index contributed by atoms with van der Waals surface area (Å²) in [6.07, 6.45) is -10.1. The van der Waals surface area contributed by atoms with Crippen LogP contribution in [0.3, 0.4) is 0 Å². The summed E-state index contributed by atoms with van der Waals surface area (Å²) in [4.78, 5) is 15.1. The van der Waals surface area contributed by atoms with E-state index in [9.17, 15) is 31.1 Å². The summed E-state index contributed by atoms with van der Waals surface area (Å²) in [5.74, 6) is -0.398. The lowest BCUT2D eigenvalue weighted by atomic mass is 9.69. The summed E-state index contributed by atoms with van der Waals surface area (Å²) in [6, 6.07) is 23.7. The molecule has 0 fully saturated rings. The van der Waals surface area contributed by atoms with Gasteiger partial charge in [-0.3, -0.25) is 4.79 Å². The van der Waals surface area contributed by atoms with Crippen LogP contribution in [-0.2, 0) is 16.8 Å². The molecule has 0 amide bonds. The number of rotatable bonds is 1. The van der Waals surface area contributed by atoms with Crippen LogP contribution in [0, 0.1) is 0 Å². The molecule has 5 aromatic rings. The van der Waals surface area contributed by atoms with Gasteiger partial charge in [-0.2, -0.15) is 26.3 Å². The van der Waals surface area contributed by atoms with Gasteiger partial charge in [-0.15, -0.1) is 0 Å². The van der Waals surface area contributed by atoms with Crippen molar-refractivity contribution in [3.8, 4) is 0 Å². The molecule has 44 heavy (non-hydrogen) atoms. The van der Waals surface area contributed by atoms with Gasteiger partial charge in [0.25, 0.3) is 0 Å². The highest BCUT2D eigenvalue weighted by Gasteiger charge is 2.75. The van der Waals surface area contributed by atoms with Crippen molar-refractivity contribution in [3.05, 3.63) is 124 Å². The maximum Gasteiger partial charge on any atom is 0.411 e. The van der Waals surface area contributed by atoms with Crippen molar-refractivity contribution in [1.29, 1.82) is 0 Å². The smallest absolute Gasteiger partial charge is 0.372 e. The van der Waals surface area contributed by atoms with Gasteiger partial charge in [0.2, 0.25) is 5.41 Å². The molecule has 5 aromatic carbocycles. The third-order valence-electron chi connectivity index (χ3n) is 8.62. The van der Waals surface area contributed by atoms with E-state index in [0.29, 0.717) is 11.1 Å². The molecule has 2 aliphatic rings. The van der Waals surface area contributed by atoms with Crippen molar-refractivity contribution in [2.45, 2.75) is 24.4 Å². The van der Waals surface area contributed by atoms with Crippen molar-refractivity contribution in [2.24, 2.45) is 0 Å². The van der Waals surface area contributed by atoms with Crippen molar-refractivity contribution >= 4 is 44.8 Å². The molecular weight excluding hydrogens is 580 g/mol. The van der Waals surface area contributed by atoms with Crippen molar-refractivity contribution < 1.29 is 35.9 Å². The highest BCUT2D eigenvalue weighted by atomic mass is 19.4. The van der Waals surface area contributed by atoms with E-state index in [-0.39, 0.29) is 35.7 Å². The summed E-state index contributed by atoms with van der Waals surface area (Å²) < 4.78 is 94.9. The summed E-state index contributed by atoms with van der Waals surface area (Å²) in [6.45, 7) is -0.0342. The second-order valence-electron chi connectivity index (χ2n) is 11.1. The maximum atomic E-state index is 14.8. The molecule has 3 nitrogen and oxygen atoms in total. The van der Waals surface area contributed by atoms with E-state index >= 15 is 0 Å². The van der Waals surface area contributed by atoms with Gasteiger partial charge in [0.1, 0.15) is 0 Å². The zero-order valence-corrected chi connectivity index (χ0v) is 23.2. The van der Waals surface area contributed by atoms with Crippen LogP contribution in [0.5, 0.6) is 0 Å². The van der Waals surface area contributed by atoms with E-state index in [4.69, 9.17) is 4.74 Å². The molecule has 0 saturated carbocycles. The van der Waals surface area contributed by atoms with Crippen LogP contribution in [0.25, 0.3) is 27.6 Å². The number of alkyl halides is 6. The number of hydrogen-bond donors (Lipinski definition) is 0. The molecule has 7 rings (SSSR count). The fraction of sp³-hybridized carbons (Fsp3) is 0.171. The fourth-order valence-corrected chi connectivity index (χ4v) is 6.55. The van der Waals surface area contributed by atoms with E-state index in [2.05, 4.69) is 0 Å². The minimum atomic E-state index is -5.71. The molecule has 0 N–H and O–H groups in total. The fourth-order valence-electron chi connectivity index (χ4n) is 6.55. The largest absolute Gasteiger partial charge is 0.411 e. The standard InChI is InChI=1S/C35H23F6NO2/c1-42-30-9-5-4-8-28(30)33(34(36,37)38,35(39,40)41)29-13-20(10-11-31(29)42)12-26-19-44-18-25-16-23-14-21-6-2-3-7-22(21)15-24(23)17-27(25)32(26)43/h2-17H,18-19H2,1H3/b26-12+. The van der Waals surface area contributed by atoms with Gasteiger partial charge in [0.05, 0.1) is 13.2 Å². The average molecular weight is 604 g/mol. The molecule has 0 unspecified atom stereocenters. The molecule has 0 radical (unpaired) electrons. The Morgan fingerprint density at radius 3 is 2.00 bits per heavy atom. The Morgan fingerprint density at radius 1 is 0.705 bits per heavy atom. The molecular formula is C35H23F6NO2. The lowest BCUT2D eigenvalue weighted by Crippen LogP contribution is -2.57. The molecule has 0 aromatic heterocycles. The number of Topliss-reactive ketones (excluding diaryl/α,β-unsaturated/α-hetero) is 1. The third kappa shape index (κ3) is 4.06. The lowest BCUT2D eigenvalue weighted by Gasteiger charge is -2.45. The van der Waals surface area contributed by atoms with E-state index in [1.54, 1.807) is 6.07 Å². The monoisotopic (exact) mass is 603 g/mol. The number of nitrogens with zero attached hydrogens (tertiary/aromatic N) is 1. The maximum absolute atomic E-state index is 14.8. The first-order valence-electron chi connectivity index (χ1n) is 13.8. The van der Waals surface area contributed by atoms with Crippen molar-refractivity contribution in [3.63, 3.8) is 0 Å². The number of para-hydroxylation sites is 1. The predicted octanol–water partition coefficient (Wildman–Crippen LogP) is 9.28. The number of ketones is 1. The van der Waals surface area contributed by atoms with Gasteiger partial charge >= 0.3 is 12.4 Å². The van der Waals surface area contributed by atoms with Gasteiger partial charge in [0.15, 0.2) is 5.78 Å². The summed E-state index contributed by atoms with van der Waals surface area (Å²) in [5.41, 5.74) is -5.37. The molecule has 9 heteroatoms. The van der Waals surface area contributed by atoms with Crippen LogP contribution >= 0.6 is 0 Å². The highest BCUT2D eigenvalue weighted by molar-refractivity contribution is 6.14. The second kappa shape index (κ2) is 9.69. The van der Waals surface area contributed by atoms with Gasteiger partial charge in [-0.05, 0) is 81.2 Å². The van der Waals surface area contributed by atoms with E-state index in [0.717, 1.165) is 33.7 Å². The molecule has 0 saturated heterocycles. The Hall–Kier alpha value is -4.63. The zero-order valence-electron chi connectivity index (χ0n) is 23.2. The normalized spacial score (nSPS) is 17.4. The minimum Gasteiger partial charge on any atom is -0.372 e. The van der Waals surface area contributed by atoms with Gasteiger partial charge < -0.3 is 9.64 Å². The lowest BCUT2D eigenvalue weighted by molar-refractivity contribution is -0.288. The van der Waals surface area contributed by atoms with E-state index in [1.165, 1.54) is 48.4 Å². The number of carbonyl (C=O) groups is 1. The third-order valence-corrected chi connectivity index (χ3v) is 8.62. The molecule has 2 heterocycles. The summed E-state index contributed by atoms with van der Waals surface area (Å²) in [7, 11) is 1.43. The SMILES string of the molecule is CN1c2ccccc2C(C(F)(F)F)(C(F)(F)F)c2cc(/C=C3\COCc4cc5cc6ccccc6cc5cc4C3=O)ccc21. The number of carbonyl (C=O) groups excluding carboxylic acids is 1. The molecule has 222 valence electrons. The number of ether oxygens (including phenoxy) is 1. The van der Waals surface area contributed by atoms with Gasteiger partial charge in [-0.25, -0.2) is 0 Å². The zero-order chi connectivity index (χ0) is 31.0. The van der Waals surface area contributed by atoms with Crippen LogP contribution in [0.15, 0.2) is 96.6 Å².